The quantitative estimate of drug-likeness (QED) is 0.621. The molecule has 1 atom stereocenters. The Balaban J connectivity index is 0. The molecule has 0 saturated carbocycles. The molecule has 20 heavy (non-hydrogen) atoms. The topological polar surface area (TPSA) is 53.6 Å². The molecule has 7 heteroatoms. The second-order valence-corrected chi connectivity index (χ2v) is 5.00. The van der Waals surface area contributed by atoms with Crippen LogP contribution in [0.15, 0.2) is 0 Å². The Hall–Kier alpha value is -0.0700. The van der Waals surface area contributed by atoms with Crippen LogP contribution in [-0.4, -0.2) is 63.8 Å². The van der Waals surface area contributed by atoms with Crippen molar-refractivity contribution in [1.82, 2.24) is 15.5 Å². The average molecular weight is 330 g/mol. The molecule has 122 valence electrons. The van der Waals surface area contributed by atoms with E-state index in [1.54, 1.807) is 7.11 Å². The molecule has 1 fully saturated rings. The van der Waals surface area contributed by atoms with Gasteiger partial charge in [-0.05, 0) is 32.9 Å². The Morgan fingerprint density at radius 3 is 2.75 bits per heavy atom. The zero-order valence-electron chi connectivity index (χ0n) is 12.5. The summed E-state index contributed by atoms with van der Waals surface area (Å²) < 4.78 is 5.01. The van der Waals surface area contributed by atoms with Crippen LogP contribution in [0.25, 0.3) is 0 Å². The maximum Gasteiger partial charge on any atom is 0.221 e. The summed E-state index contributed by atoms with van der Waals surface area (Å²) in [5, 5.41) is 6.31. The first-order valence-electron chi connectivity index (χ1n) is 6.90. The molecule has 1 saturated heterocycles. The number of likely N-dealkylation sites (N-methyl/N-ethyl adjacent to an activating group) is 1. The van der Waals surface area contributed by atoms with Crippen molar-refractivity contribution in [1.29, 1.82) is 0 Å². The van der Waals surface area contributed by atoms with Crippen LogP contribution >= 0.6 is 24.8 Å². The van der Waals surface area contributed by atoms with Crippen molar-refractivity contribution in [2.75, 3.05) is 46.9 Å². The van der Waals surface area contributed by atoms with Crippen molar-refractivity contribution < 1.29 is 9.53 Å². The van der Waals surface area contributed by atoms with Crippen molar-refractivity contribution in [3.05, 3.63) is 0 Å². The second kappa shape index (κ2) is 13.9. The van der Waals surface area contributed by atoms with Crippen LogP contribution in [0.5, 0.6) is 0 Å². The average Bonchev–Trinajstić information content (AvgIpc) is 2.82. The number of hydrogen-bond acceptors (Lipinski definition) is 4. The molecular weight excluding hydrogens is 301 g/mol. The Bertz CT molecular complexity index is 240. The minimum Gasteiger partial charge on any atom is -0.385 e. The maximum absolute atomic E-state index is 11.7. The van der Waals surface area contributed by atoms with E-state index < -0.39 is 0 Å². The summed E-state index contributed by atoms with van der Waals surface area (Å²) in [6.45, 7) is 4.49. The lowest BCUT2D eigenvalue weighted by molar-refractivity contribution is -0.121. The number of carbonyl (C=O) groups excluding carboxylic acids is 1. The molecule has 0 aromatic heterocycles. The zero-order chi connectivity index (χ0) is 13.2. The van der Waals surface area contributed by atoms with Crippen LogP contribution in [0.3, 0.4) is 0 Å². The van der Waals surface area contributed by atoms with Gasteiger partial charge in [0.25, 0.3) is 0 Å². The lowest BCUT2D eigenvalue weighted by Gasteiger charge is -2.17. The van der Waals surface area contributed by atoms with Crippen molar-refractivity contribution in [3.63, 3.8) is 0 Å². The molecule has 0 aromatic carbocycles. The summed E-state index contributed by atoms with van der Waals surface area (Å²) in [6.07, 6.45) is 3.98. The Kier molecular flexibility index (Phi) is 15.4. The Morgan fingerprint density at radius 1 is 1.40 bits per heavy atom. The summed E-state index contributed by atoms with van der Waals surface area (Å²) in [6, 6.07) is 0.393. The third kappa shape index (κ3) is 10.7. The number of hydrogen-bond donors (Lipinski definition) is 2. The van der Waals surface area contributed by atoms with Gasteiger partial charge in [-0.1, -0.05) is 0 Å². The number of carbonyl (C=O) groups is 1. The van der Waals surface area contributed by atoms with Crippen molar-refractivity contribution in [3.8, 4) is 0 Å². The number of nitrogens with one attached hydrogen (secondary N) is 2. The molecule has 0 aliphatic carbocycles. The van der Waals surface area contributed by atoms with Gasteiger partial charge in [0.1, 0.15) is 0 Å². The Morgan fingerprint density at radius 2 is 2.15 bits per heavy atom. The van der Waals surface area contributed by atoms with Crippen molar-refractivity contribution in [2.45, 2.75) is 31.7 Å². The van der Waals surface area contributed by atoms with Gasteiger partial charge in [0, 0.05) is 45.8 Å². The van der Waals surface area contributed by atoms with Crippen LogP contribution in [-0.2, 0) is 9.53 Å². The van der Waals surface area contributed by atoms with Gasteiger partial charge in [-0.2, -0.15) is 0 Å². The third-order valence-corrected chi connectivity index (χ3v) is 3.30. The van der Waals surface area contributed by atoms with E-state index in [1.165, 1.54) is 6.42 Å². The molecule has 5 nitrogen and oxygen atoms in total. The van der Waals surface area contributed by atoms with E-state index in [4.69, 9.17) is 4.74 Å². The molecular formula is C13H29Cl2N3O2. The minimum absolute atomic E-state index is 0. The van der Waals surface area contributed by atoms with Gasteiger partial charge in [-0.25, -0.2) is 0 Å². The third-order valence-electron chi connectivity index (χ3n) is 3.30. The monoisotopic (exact) mass is 329 g/mol. The predicted molar refractivity (Wildman–Crippen MR) is 87.1 cm³/mol. The largest absolute Gasteiger partial charge is 0.385 e. The van der Waals surface area contributed by atoms with Gasteiger partial charge in [0.2, 0.25) is 5.91 Å². The fraction of sp³-hybridized carbons (Fsp3) is 0.923. The maximum atomic E-state index is 11.7. The smallest absolute Gasteiger partial charge is 0.221 e. The van der Waals surface area contributed by atoms with Crippen LogP contribution in [0.2, 0.25) is 0 Å². The minimum atomic E-state index is 0. The molecule has 0 aromatic rings. The summed E-state index contributed by atoms with van der Waals surface area (Å²) in [5.41, 5.74) is 0. The normalized spacial score (nSPS) is 17.4. The van der Waals surface area contributed by atoms with Crippen molar-refractivity contribution in [2.24, 2.45) is 0 Å². The fourth-order valence-corrected chi connectivity index (χ4v) is 2.20. The predicted octanol–water partition coefficient (Wildman–Crippen LogP) is 1.06. The summed E-state index contributed by atoms with van der Waals surface area (Å²) in [7, 11) is 3.79. The van der Waals surface area contributed by atoms with E-state index in [9.17, 15) is 4.79 Å². The summed E-state index contributed by atoms with van der Waals surface area (Å²) >= 11 is 0. The van der Waals surface area contributed by atoms with Crippen molar-refractivity contribution >= 4 is 30.7 Å². The molecule has 1 rings (SSSR count). The molecule has 0 radical (unpaired) electrons. The molecule has 1 amide bonds. The first-order valence-corrected chi connectivity index (χ1v) is 6.90. The van der Waals surface area contributed by atoms with E-state index in [-0.39, 0.29) is 30.7 Å². The highest BCUT2D eigenvalue weighted by Crippen LogP contribution is 2.07. The standard InChI is InChI=1S/C13H27N3O2.2ClH/c1-16(8-4-10-18-2)9-7-15-13(17)11-12-5-3-6-14-12;;/h12,14H,3-11H2,1-2H3,(H,15,17);2*1H. The number of nitrogens with zero attached hydrogens (tertiary/aromatic N) is 1. The molecule has 2 N–H and O–H groups in total. The van der Waals surface area contributed by atoms with Gasteiger partial charge in [0.05, 0.1) is 0 Å². The highest BCUT2D eigenvalue weighted by Gasteiger charge is 2.17. The summed E-state index contributed by atoms with van der Waals surface area (Å²) in [4.78, 5) is 13.9. The SMILES string of the molecule is COCCCN(C)CCNC(=O)CC1CCCN1.Cl.Cl. The summed E-state index contributed by atoms with van der Waals surface area (Å²) in [5.74, 6) is 0.166. The first kappa shape index (κ1) is 22.2. The first-order chi connectivity index (χ1) is 8.72. The van der Waals surface area contributed by atoms with Crippen LogP contribution in [0.1, 0.15) is 25.7 Å². The zero-order valence-corrected chi connectivity index (χ0v) is 14.2. The lowest BCUT2D eigenvalue weighted by atomic mass is 10.1. The number of rotatable bonds is 9. The molecule has 1 heterocycles. The van der Waals surface area contributed by atoms with Crippen LogP contribution in [0.4, 0.5) is 0 Å². The van der Waals surface area contributed by atoms with Crippen LogP contribution < -0.4 is 10.6 Å². The van der Waals surface area contributed by atoms with Gasteiger partial charge in [-0.15, -0.1) is 24.8 Å². The highest BCUT2D eigenvalue weighted by molar-refractivity contribution is 5.85. The molecule has 0 spiro atoms. The van der Waals surface area contributed by atoms with E-state index in [1.807, 2.05) is 0 Å². The lowest BCUT2D eigenvalue weighted by Crippen LogP contribution is -2.36. The number of ether oxygens (including phenoxy) is 1. The Labute approximate surface area is 135 Å². The number of methoxy groups -OCH3 is 1. The van der Waals surface area contributed by atoms with E-state index in [0.29, 0.717) is 12.5 Å². The molecule has 1 aliphatic rings. The molecule has 1 unspecified atom stereocenters. The van der Waals surface area contributed by atoms with Gasteiger partial charge >= 0.3 is 0 Å². The van der Waals surface area contributed by atoms with Crippen LogP contribution in [0, 0.1) is 0 Å². The van der Waals surface area contributed by atoms with Gasteiger partial charge < -0.3 is 20.3 Å². The number of amides is 1. The highest BCUT2D eigenvalue weighted by atomic mass is 35.5. The second-order valence-electron chi connectivity index (χ2n) is 5.00. The van der Waals surface area contributed by atoms with E-state index in [0.717, 1.165) is 45.6 Å². The van der Waals surface area contributed by atoms with Gasteiger partial charge in [0.15, 0.2) is 0 Å². The van der Waals surface area contributed by atoms with Gasteiger partial charge in [-0.3, -0.25) is 4.79 Å². The fourth-order valence-electron chi connectivity index (χ4n) is 2.20. The number of halogens is 2. The van der Waals surface area contributed by atoms with E-state index in [2.05, 4.69) is 22.6 Å². The molecule has 0 bridgehead atoms. The van der Waals surface area contributed by atoms with E-state index >= 15 is 0 Å². The molecule has 1 aliphatic heterocycles.